The molecule has 1 heterocycles. The summed E-state index contributed by atoms with van der Waals surface area (Å²) in [6, 6.07) is 13.3. The van der Waals surface area contributed by atoms with Crippen LogP contribution in [-0.2, 0) is 11.2 Å². The number of nitrogens with zero attached hydrogens (tertiary/aromatic N) is 2. The quantitative estimate of drug-likeness (QED) is 0.286. The summed E-state index contributed by atoms with van der Waals surface area (Å²) in [5.41, 5.74) is 2.92. The maximum absolute atomic E-state index is 12.1. The molecule has 0 saturated heterocycles. The fraction of sp³-hybridized carbons (Fsp3) is 0.111. The van der Waals surface area contributed by atoms with Crippen molar-refractivity contribution in [3.8, 4) is 16.9 Å². The van der Waals surface area contributed by atoms with E-state index >= 15 is 0 Å². The van der Waals surface area contributed by atoms with Gasteiger partial charge in [0.25, 0.3) is 5.69 Å². The summed E-state index contributed by atoms with van der Waals surface area (Å²) in [5, 5.41) is 11.0. The molecule has 0 radical (unpaired) electrons. The van der Waals surface area contributed by atoms with E-state index in [1.807, 2.05) is 30.3 Å². The third-order valence-corrected chi connectivity index (χ3v) is 4.38. The molecule has 0 unspecified atom stereocenters. The molecule has 0 aliphatic heterocycles. The number of hydrogen-bond acceptors (Lipinski definition) is 6. The van der Waals surface area contributed by atoms with Crippen molar-refractivity contribution in [1.82, 2.24) is 4.98 Å². The van der Waals surface area contributed by atoms with Crippen molar-refractivity contribution in [2.75, 3.05) is 0 Å². The molecule has 3 aromatic rings. The van der Waals surface area contributed by atoms with E-state index in [9.17, 15) is 14.9 Å². The highest BCUT2D eigenvalue weighted by Crippen LogP contribution is 2.33. The first-order valence-electron chi connectivity index (χ1n) is 7.55. The number of aromatic nitrogens is 1. The molecule has 0 atom stereocenters. The molecule has 0 saturated carbocycles. The van der Waals surface area contributed by atoms with Crippen LogP contribution < -0.4 is 4.74 Å². The third kappa shape index (κ3) is 4.27. The van der Waals surface area contributed by atoms with Crippen LogP contribution in [-0.4, -0.2) is 15.9 Å². The van der Waals surface area contributed by atoms with Crippen LogP contribution in [0, 0.1) is 10.1 Å². The van der Waals surface area contributed by atoms with Crippen molar-refractivity contribution in [3.05, 3.63) is 75.2 Å². The van der Waals surface area contributed by atoms with Gasteiger partial charge in [0.2, 0.25) is 0 Å². The summed E-state index contributed by atoms with van der Waals surface area (Å²) in [6.07, 6.45) is 2.49. The van der Waals surface area contributed by atoms with Gasteiger partial charge in [-0.3, -0.25) is 19.9 Å². The van der Waals surface area contributed by atoms with Crippen LogP contribution in [0.4, 0.5) is 5.69 Å². The van der Waals surface area contributed by atoms with Gasteiger partial charge in [-0.15, -0.1) is 11.3 Å². The molecule has 6 nitrogen and oxygen atoms in total. The Balaban J connectivity index is 1.82. The van der Waals surface area contributed by atoms with Gasteiger partial charge in [-0.25, -0.2) is 0 Å². The highest BCUT2D eigenvalue weighted by molar-refractivity contribution is 7.09. The Morgan fingerprint density at radius 1 is 1.20 bits per heavy atom. The van der Waals surface area contributed by atoms with Crippen molar-refractivity contribution in [1.29, 1.82) is 0 Å². The van der Waals surface area contributed by atoms with Crippen LogP contribution in [0.1, 0.15) is 11.3 Å². The predicted octanol–water partition coefficient (Wildman–Crippen LogP) is 4.26. The summed E-state index contributed by atoms with van der Waals surface area (Å²) in [5.74, 6) is -0.0782. The van der Waals surface area contributed by atoms with Gasteiger partial charge >= 0.3 is 5.97 Å². The lowest BCUT2D eigenvalue weighted by molar-refractivity contribution is -0.384. The van der Waals surface area contributed by atoms with Gasteiger partial charge < -0.3 is 4.74 Å². The minimum Gasteiger partial charge on any atom is -0.426 e. The molecule has 7 heteroatoms. The maximum Gasteiger partial charge on any atom is 0.311 e. The number of thiazole rings is 1. The molecule has 0 spiro atoms. The van der Waals surface area contributed by atoms with Crippen molar-refractivity contribution in [3.63, 3.8) is 0 Å². The van der Waals surface area contributed by atoms with E-state index in [1.54, 1.807) is 11.7 Å². The second-order valence-electron chi connectivity index (χ2n) is 5.25. The van der Waals surface area contributed by atoms with Crippen molar-refractivity contribution < 1.29 is 14.5 Å². The second kappa shape index (κ2) is 7.67. The number of aryl methyl sites for hydroxylation is 1. The maximum atomic E-state index is 12.1. The lowest BCUT2D eigenvalue weighted by Gasteiger charge is -2.10. The Morgan fingerprint density at radius 3 is 2.68 bits per heavy atom. The highest BCUT2D eigenvalue weighted by atomic mass is 32.1. The van der Waals surface area contributed by atoms with Crippen LogP contribution in [0.5, 0.6) is 5.75 Å². The molecule has 0 fully saturated rings. The Bertz CT molecular complexity index is 879. The average Bonchev–Trinajstić information content (AvgIpc) is 3.14. The minimum absolute atomic E-state index is 0.0525. The topological polar surface area (TPSA) is 82.3 Å². The number of nitro benzene ring substituents is 1. The van der Waals surface area contributed by atoms with Crippen LogP contribution in [0.25, 0.3) is 11.1 Å². The zero-order valence-corrected chi connectivity index (χ0v) is 13.9. The van der Waals surface area contributed by atoms with E-state index in [2.05, 4.69) is 4.98 Å². The number of non-ortho nitro benzene ring substituents is 1. The van der Waals surface area contributed by atoms with Crippen LogP contribution in [0.3, 0.4) is 0 Å². The van der Waals surface area contributed by atoms with Gasteiger partial charge in [-0.2, -0.15) is 0 Å². The van der Waals surface area contributed by atoms with E-state index < -0.39 is 4.92 Å². The lowest BCUT2D eigenvalue weighted by Crippen LogP contribution is -2.09. The molecule has 0 amide bonds. The standard InChI is InChI=1S/C18H14N2O4S/c21-18(9-7-15-11-19-12-25-15)24-17-8-6-14(20(22)23)10-16(17)13-4-2-1-3-5-13/h1-6,8,10-12H,7,9H2. The number of nitro groups is 1. The molecule has 0 aliphatic rings. The Hall–Kier alpha value is -3.06. The first kappa shape index (κ1) is 16.8. The number of esters is 1. The average molecular weight is 354 g/mol. The predicted molar refractivity (Wildman–Crippen MR) is 94.6 cm³/mol. The van der Waals surface area contributed by atoms with E-state index in [0.717, 1.165) is 10.4 Å². The van der Waals surface area contributed by atoms with Crippen molar-refractivity contribution in [2.45, 2.75) is 12.8 Å². The molecule has 3 rings (SSSR count). The number of carbonyl (C=O) groups is 1. The number of carbonyl (C=O) groups excluding carboxylic acids is 1. The van der Waals surface area contributed by atoms with Gasteiger partial charge in [0.15, 0.2) is 0 Å². The number of ether oxygens (including phenoxy) is 1. The molecular weight excluding hydrogens is 340 g/mol. The van der Waals surface area contributed by atoms with Gasteiger partial charge in [-0.05, 0) is 18.1 Å². The van der Waals surface area contributed by atoms with E-state index in [-0.39, 0.29) is 18.1 Å². The van der Waals surface area contributed by atoms with Crippen molar-refractivity contribution >= 4 is 23.0 Å². The molecule has 0 N–H and O–H groups in total. The fourth-order valence-corrected chi connectivity index (χ4v) is 2.93. The second-order valence-corrected chi connectivity index (χ2v) is 6.22. The normalized spacial score (nSPS) is 10.4. The van der Waals surface area contributed by atoms with E-state index in [1.165, 1.54) is 29.5 Å². The summed E-state index contributed by atoms with van der Waals surface area (Å²) in [6.45, 7) is 0. The molecule has 0 aliphatic carbocycles. The number of benzene rings is 2. The molecule has 25 heavy (non-hydrogen) atoms. The fourth-order valence-electron chi connectivity index (χ4n) is 2.33. The van der Waals surface area contributed by atoms with Crippen molar-refractivity contribution in [2.24, 2.45) is 0 Å². The van der Waals surface area contributed by atoms with Crippen LogP contribution in [0.15, 0.2) is 60.2 Å². The largest absolute Gasteiger partial charge is 0.426 e. The molecule has 126 valence electrons. The van der Waals surface area contributed by atoms with Crippen LogP contribution in [0.2, 0.25) is 0 Å². The first-order valence-corrected chi connectivity index (χ1v) is 8.43. The Kier molecular flexibility index (Phi) is 5.15. The zero-order chi connectivity index (χ0) is 17.6. The van der Waals surface area contributed by atoms with Crippen LogP contribution >= 0.6 is 11.3 Å². The van der Waals surface area contributed by atoms with E-state index in [4.69, 9.17) is 4.74 Å². The molecular formula is C18H14N2O4S. The SMILES string of the molecule is O=C(CCc1cncs1)Oc1ccc([N+](=O)[O-])cc1-c1ccccc1. The minimum atomic E-state index is -0.470. The summed E-state index contributed by atoms with van der Waals surface area (Å²) in [4.78, 5) is 27.7. The Labute approximate surface area is 147 Å². The molecule has 2 aromatic carbocycles. The Morgan fingerprint density at radius 2 is 2.00 bits per heavy atom. The first-order chi connectivity index (χ1) is 12.1. The highest BCUT2D eigenvalue weighted by Gasteiger charge is 2.16. The van der Waals surface area contributed by atoms with Gasteiger partial charge in [0.1, 0.15) is 5.75 Å². The smallest absolute Gasteiger partial charge is 0.311 e. The molecule has 0 bridgehead atoms. The lowest BCUT2D eigenvalue weighted by atomic mass is 10.0. The number of hydrogen-bond donors (Lipinski definition) is 0. The summed E-state index contributed by atoms with van der Waals surface area (Å²) >= 11 is 1.48. The third-order valence-electron chi connectivity index (χ3n) is 3.54. The van der Waals surface area contributed by atoms with Gasteiger partial charge in [-0.1, -0.05) is 30.3 Å². The van der Waals surface area contributed by atoms with E-state index in [0.29, 0.717) is 17.7 Å². The zero-order valence-electron chi connectivity index (χ0n) is 13.1. The molecule has 1 aromatic heterocycles. The van der Waals surface area contributed by atoms with Gasteiger partial charge in [0, 0.05) is 28.8 Å². The number of rotatable bonds is 6. The monoisotopic (exact) mass is 354 g/mol. The van der Waals surface area contributed by atoms with Gasteiger partial charge in [0.05, 0.1) is 16.9 Å². The summed E-state index contributed by atoms with van der Waals surface area (Å²) < 4.78 is 5.46. The summed E-state index contributed by atoms with van der Waals surface area (Å²) in [7, 11) is 0.